The molecular weight excluding hydrogens is 531 g/mol. The van der Waals surface area contributed by atoms with E-state index in [1.165, 1.54) is 37.8 Å². The van der Waals surface area contributed by atoms with E-state index in [4.69, 9.17) is 4.98 Å². The molecule has 1 aliphatic heterocycles. The molecule has 0 radical (unpaired) electrons. The second-order valence-corrected chi connectivity index (χ2v) is 12.4. The fourth-order valence-corrected chi connectivity index (χ4v) is 6.57. The van der Waals surface area contributed by atoms with Crippen LogP contribution in [0.5, 0.6) is 0 Å². The maximum absolute atomic E-state index is 15.7. The number of pyridine rings is 1. The van der Waals surface area contributed by atoms with Gasteiger partial charge in [-0.05, 0) is 75.3 Å². The summed E-state index contributed by atoms with van der Waals surface area (Å²) in [6, 6.07) is 8.68. The van der Waals surface area contributed by atoms with Crippen LogP contribution in [0, 0.1) is 11.7 Å². The molecule has 10 heteroatoms. The molecule has 9 nitrogen and oxygen atoms in total. The van der Waals surface area contributed by atoms with Gasteiger partial charge in [-0.25, -0.2) is 14.4 Å². The maximum Gasteiger partial charge on any atom is 0.259 e. The van der Waals surface area contributed by atoms with Crippen LogP contribution in [0.3, 0.4) is 0 Å². The zero-order valence-electron chi connectivity index (χ0n) is 24.3. The van der Waals surface area contributed by atoms with Crippen LogP contribution in [-0.4, -0.2) is 46.7 Å². The number of anilines is 1. The average molecular weight is 569 g/mol. The number of nitrogens with zero attached hydrogens (tertiary/aromatic N) is 7. The topological polar surface area (TPSA) is 93.8 Å². The molecule has 2 fully saturated rings. The minimum Gasteiger partial charge on any atom is -0.310 e. The van der Waals surface area contributed by atoms with Crippen molar-refractivity contribution in [1.82, 2.24) is 34.2 Å². The first-order valence-corrected chi connectivity index (χ1v) is 15.2. The van der Waals surface area contributed by atoms with Gasteiger partial charge in [0.15, 0.2) is 5.82 Å². The first-order chi connectivity index (χ1) is 20.4. The van der Waals surface area contributed by atoms with Gasteiger partial charge in [-0.15, -0.1) is 10.2 Å². The van der Waals surface area contributed by atoms with E-state index < -0.39 is 11.7 Å². The van der Waals surface area contributed by atoms with Crippen LogP contribution < -0.4 is 5.32 Å². The number of hydrogen-bond acceptors (Lipinski definition) is 6. The summed E-state index contributed by atoms with van der Waals surface area (Å²) in [6.45, 7) is 6.52. The Morgan fingerprint density at radius 3 is 2.69 bits per heavy atom. The lowest BCUT2D eigenvalue weighted by atomic mass is 9.89. The molecule has 2 aliphatic carbocycles. The highest BCUT2D eigenvalue weighted by Crippen LogP contribution is 2.43. The maximum atomic E-state index is 15.7. The molecule has 0 bridgehead atoms. The Labute approximate surface area is 245 Å². The summed E-state index contributed by atoms with van der Waals surface area (Å²) in [4.78, 5) is 25.4. The highest BCUT2D eigenvalue weighted by atomic mass is 19.1. The molecule has 4 heterocycles. The average Bonchev–Trinajstić information content (AvgIpc) is 3.58. The molecule has 3 aromatic heterocycles. The van der Waals surface area contributed by atoms with Crippen molar-refractivity contribution in [2.45, 2.75) is 83.8 Å². The number of fused-ring (bicyclic) bond motifs is 3. The predicted octanol–water partition coefficient (Wildman–Crippen LogP) is 6.27. The van der Waals surface area contributed by atoms with E-state index in [0.717, 1.165) is 42.9 Å². The summed E-state index contributed by atoms with van der Waals surface area (Å²) in [7, 11) is 0. The molecule has 7 rings (SSSR count). The Morgan fingerprint density at radius 1 is 1.07 bits per heavy atom. The van der Waals surface area contributed by atoms with Crippen LogP contribution in [0.1, 0.15) is 98.1 Å². The molecule has 1 N–H and O–H groups in total. The number of carbonyl (C=O) groups excluding carboxylic acids is 1. The SMILES string of the molecule is CC(C)n1cnnc1-c1cccc(NC(=O)c2cc3c(cc2F)CN(CC2CCCCC2)Cc2c(C4CC4)ncn2-3)n1. The molecule has 1 aromatic carbocycles. The van der Waals surface area contributed by atoms with Crippen LogP contribution in [0.15, 0.2) is 43.0 Å². The fourth-order valence-electron chi connectivity index (χ4n) is 6.57. The van der Waals surface area contributed by atoms with E-state index >= 15 is 4.39 Å². The number of rotatable bonds is 7. The van der Waals surface area contributed by atoms with Crippen LogP contribution in [0.25, 0.3) is 17.2 Å². The monoisotopic (exact) mass is 568 g/mol. The lowest BCUT2D eigenvalue weighted by molar-refractivity contribution is 0.102. The van der Waals surface area contributed by atoms with Gasteiger partial charge in [-0.1, -0.05) is 25.3 Å². The van der Waals surface area contributed by atoms with E-state index in [2.05, 4.69) is 30.0 Å². The van der Waals surface area contributed by atoms with Crippen molar-refractivity contribution in [3.63, 3.8) is 0 Å². The van der Waals surface area contributed by atoms with Crippen molar-refractivity contribution in [3.8, 4) is 17.2 Å². The molecular formula is C32H37FN8O. The molecule has 0 spiro atoms. The molecule has 218 valence electrons. The number of benzene rings is 1. The highest BCUT2D eigenvalue weighted by molar-refractivity contribution is 6.04. The molecule has 3 aliphatic rings. The fraction of sp³-hybridized carbons (Fsp3) is 0.469. The van der Waals surface area contributed by atoms with Crippen molar-refractivity contribution in [1.29, 1.82) is 0 Å². The molecule has 42 heavy (non-hydrogen) atoms. The third-order valence-corrected chi connectivity index (χ3v) is 8.89. The summed E-state index contributed by atoms with van der Waals surface area (Å²) >= 11 is 0. The Hall–Kier alpha value is -3.92. The van der Waals surface area contributed by atoms with Gasteiger partial charge in [0.05, 0.1) is 29.0 Å². The first kappa shape index (κ1) is 26.9. The Kier molecular flexibility index (Phi) is 7.09. The minimum absolute atomic E-state index is 0.0142. The zero-order chi connectivity index (χ0) is 28.8. The molecule has 1 amide bonds. The van der Waals surface area contributed by atoms with E-state index in [-0.39, 0.29) is 11.6 Å². The van der Waals surface area contributed by atoms with Gasteiger partial charge in [-0.2, -0.15) is 0 Å². The lowest BCUT2D eigenvalue weighted by Crippen LogP contribution is -2.29. The normalized spacial score (nSPS) is 17.6. The van der Waals surface area contributed by atoms with Gasteiger partial charge in [0, 0.05) is 31.6 Å². The van der Waals surface area contributed by atoms with Crippen molar-refractivity contribution in [2.75, 3.05) is 11.9 Å². The quantitative estimate of drug-likeness (QED) is 0.282. The summed E-state index contributed by atoms with van der Waals surface area (Å²) < 4.78 is 19.7. The Balaban J connectivity index is 1.19. The van der Waals surface area contributed by atoms with Crippen LogP contribution in [-0.2, 0) is 13.1 Å². The number of halogens is 1. The minimum atomic E-state index is -0.544. The number of hydrogen-bond donors (Lipinski definition) is 1. The van der Waals surface area contributed by atoms with Gasteiger partial charge >= 0.3 is 0 Å². The second-order valence-electron chi connectivity index (χ2n) is 12.4. The Morgan fingerprint density at radius 2 is 1.90 bits per heavy atom. The van der Waals surface area contributed by atoms with E-state index in [1.54, 1.807) is 30.6 Å². The van der Waals surface area contributed by atoms with Crippen molar-refractivity contribution >= 4 is 11.7 Å². The number of amides is 1. The Bertz CT molecular complexity index is 1610. The molecule has 4 aromatic rings. The van der Waals surface area contributed by atoms with Crippen molar-refractivity contribution in [2.24, 2.45) is 5.92 Å². The standard InChI is InChI=1S/C32H37FN8O/c1-20(2)40-19-35-38-31(40)26-9-6-10-29(36-26)37-32(42)24-14-27-23(13-25(24)33)16-39(15-21-7-4-3-5-8-21)17-28-30(22-11-12-22)34-18-41(27)28/h6,9-10,13-14,18-22H,3-5,7-8,11-12,15-17H2,1-2H3,(H,36,37,42). The van der Waals surface area contributed by atoms with Crippen molar-refractivity contribution < 1.29 is 9.18 Å². The van der Waals surface area contributed by atoms with Gasteiger partial charge in [0.1, 0.15) is 23.7 Å². The molecule has 0 atom stereocenters. The van der Waals surface area contributed by atoms with E-state index in [0.29, 0.717) is 35.7 Å². The van der Waals surface area contributed by atoms with Gasteiger partial charge in [-0.3, -0.25) is 9.69 Å². The molecule has 2 saturated carbocycles. The number of carbonyl (C=O) groups is 1. The number of aromatic nitrogens is 6. The zero-order valence-corrected chi connectivity index (χ0v) is 24.3. The second kappa shape index (κ2) is 11.1. The van der Waals surface area contributed by atoms with Crippen LogP contribution >= 0.6 is 0 Å². The number of nitrogens with one attached hydrogen (secondary N) is 1. The third-order valence-electron chi connectivity index (χ3n) is 8.89. The van der Waals surface area contributed by atoms with Crippen LogP contribution in [0.2, 0.25) is 0 Å². The summed E-state index contributed by atoms with van der Waals surface area (Å²) in [5.74, 6) is 1.02. The lowest BCUT2D eigenvalue weighted by Gasteiger charge is -2.29. The van der Waals surface area contributed by atoms with E-state index in [1.807, 2.05) is 30.8 Å². The van der Waals surface area contributed by atoms with Crippen LogP contribution in [0.4, 0.5) is 10.2 Å². The smallest absolute Gasteiger partial charge is 0.259 e. The summed E-state index contributed by atoms with van der Waals surface area (Å²) in [5.41, 5.74) is 4.60. The third kappa shape index (κ3) is 5.24. The first-order valence-electron chi connectivity index (χ1n) is 15.2. The van der Waals surface area contributed by atoms with Crippen molar-refractivity contribution in [3.05, 3.63) is 71.3 Å². The number of imidazole rings is 1. The van der Waals surface area contributed by atoms with Gasteiger partial charge < -0.3 is 14.5 Å². The summed E-state index contributed by atoms with van der Waals surface area (Å²) in [6.07, 6.45) is 12.3. The van der Waals surface area contributed by atoms with Gasteiger partial charge in [0.25, 0.3) is 5.91 Å². The highest BCUT2D eigenvalue weighted by Gasteiger charge is 2.33. The molecule has 0 saturated heterocycles. The molecule has 0 unspecified atom stereocenters. The largest absolute Gasteiger partial charge is 0.310 e. The summed E-state index contributed by atoms with van der Waals surface area (Å²) in [5, 5.41) is 11.0. The predicted molar refractivity (Wildman–Crippen MR) is 158 cm³/mol. The van der Waals surface area contributed by atoms with E-state index in [9.17, 15) is 4.79 Å². The van der Waals surface area contributed by atoms with Gasteiger partial charge in [0.2, 0.25) is 0 Å².